The van der Waals surface area contributed by atoms with Gasteiger partial charge in [0.1, 0.15) is 11.8 Å². The van der Waals surface area contributed by atoms with Crippen LogP contribution in [-0.4, -0.2) is 34.3 Å². The maximum absolute atomic E-state index is 13.9. The minimum atomic E-state index is -0.876. The summed E-state index contributed by atoms with van der Waals surface area (Å²) in [4.78, 5) is 32.7. The lowest BCUT2D eigenvalue weighted by Gasteiger charge is -2.31. The fourth-order valence-corrected chi connectivity index (χ4v) is 5.07. The highest BCUT2D eigenvalue weighted by Gasteiger charge is 2.41. The average molecular weight is 516 g/mol. The molecule has 1 aromatic heterocycles. The number of halogens is 1. The third kappa shape index (κ3) is 5.20. The van der Waals surface area contributed by atoms with Crippen LogP contribution in [-0.2, 0) is 22.6 Å². The number of aromatic amines is 1. The van der Waals surface area contributed by atoms with Gasteiger partial charge in [0.15, 0.2) is 6.10 Å². The predicted molar refractivity (Wildman–Crippen MR) is 145 cm³/mol. The molecule has 1 aliphatic rings. The minimum absolute atomic E-state index is 0.0854. The van der Waals surface area contributed by atoms with Crippen molar-refractivity contribution in [3.05, 3.63) is 101 Å². The summed E-state index contributed by atoms with van der Waals surface area (Å²) in [7, 11) is 0. The van der Waals surface area contributed by atoms with Gasteiger partial charge < -0.3 is 19.9 Å². The Hall–Kier alpha value is -3.77. The zero-order valence-corrected chi connectivity index (χ0v) is 21.7. The van der Waals surface area contributed by atoms with Crippen molar-refractivity contribution in [2.24, 2.45) is 5.92 Å². The maximum atomic E-state index is 13.9. The van der Waals surface area contributed by atoms with Gasteiger partial charge >= 0.3 is 0 Å². The Morgan fingerprint density at radius 2 is 1.84 bits per heavy atom. The van der Waals surface area contributed by atoms with Crippen LogP contribution in [0.2, 0.25) is 5.02 Å². The molecule has 37 heavy (non-hydrogen) atoms. The fourth-order valence-electron chi connectivity index (χ4n) is 4.89. The second-order valence-corrected chi connectivity index (χ2v) is 10.1. The molecular weight excluding hydrogens is 486 g/mol. The minimum Gasteiger partial charge on any atom is -0.480 e. The second kappa shape index (κ2) is 10.7. The number of hydrogen-bond donors (Lipinski definition) is 2. The summed E-state index contributed by atoms with van der Waals surface area (Å²) in [6, 6.07) is 22.1. The summed E-state index contributed by atoms with van der Waals surface area (Å²) < 4.78 is 6.23. The Morgan fingerprint density at radius 3 is 2.62 bits per heavy atom. The van der Waals surface area contributed by atoms with Crippen LogP contribution in [0.3, 0.4) is 0 Å². The lowest BCUT2D eigenvalue weighted by molar-refractivity contribution is -0.146. The molecule has 190 valence electrons. The van der Waals surface area contributed by atoms with E-state index in [1.165, 1.54) is 0 Å². The van der Waals surface area contributed by atoms with Crippen molar-refractivity contribution in [2.45, 2.75) is 39.0 Å². The van der Waals surface area contributed by atoms with Crippen LogP contribution in [0.1, 0.15) is 36.6 Å². The van der Waals surface area contributed by atoms with Gasteiger partial charge in [-0.2, -0.15) is 0 Å². The zero-order chi connectivity index (χ0) is 25.9. The van der Waals surface area contributed by atoms with E-state index in [1.54, 1.807) is 23.1 Å². The van der Waals surface area contributed by atoms with E-state index >= 15 is 0 Å². The molecule has 3 aromatic carbocycles. The first-order valence-corrected chi connectivity index (χ1v) is 12.9. The molecule has 0 radical (unpaired) electrons. The fraction of sp³-hybridized carbons (Fsp3) is 0.267. The van der Waals surface area contributed by atoms with Crippen molar-refractivity contribution in [3.63, 3.8) is 0 Å². The largest absolute Gasteiger partial charge is 0.480 e. The molecule has 7 heteroatoms. The Kier molecular flexibility index (Phi) is 7.19. The molecule has 2 amide bonds. The smallest absolute Gasteiger partial charge is 0.264 e. The van der Waals surface area contributed by atoms with Crippen molar-refractivity contribution < 1.29 is 14.3 Å². The number of nitrogens with zero attached hydrogens (tertiary/aromatic N) is 1. The lowest BCUT2D eigenvalue weighted by Crippen LogP contribution is -2.48. The molecule has 0 bridgehead atoms. The van der Waals surface area contributed by atoms with Crippen molar-refractivity contribution in [3.8, 4) is 5.75 Å². The van der Waals surface area contributed by atoms with Crippen LogP contribution in [0.25, 0.3) is 10.9 Å². The molecule has 2 unspecified atom stereocenters. The SMILES string of the molecule is CC(C)C1Oc2ccc(Cl)cc2C(C(=O)NCc2ccccc2)N(CCc2c[nH]c3ccccc23)C1=O. The van der Waals surface area contributed by atoms with E-state index in [0.717, 1.165) is 22.0 Å². The summed E-state index contributed by atoms with van der Waals surface area (Å²) in [5, 5.41) is 4.62. The summed E-state index contributed by atoms with van der Waals surface area (Å²) >= 11 is 6.38. The molecule has 2 heterocycles. The van der Waals surface area contributed by atoms with E-state index in [4.69, 9.17) is 16.3 Å². The van der Waals surface area contributed by atoms with Crippen LogP contribution >= 0.6 is 11.6 Å². The van der Waals surface area contributed by atoms with E-state index in [9.17, 15) is 9.59 Å². The van der Waals surface area contributed by atoms with Gasteiger partial charge in [-0.15, -0.1) is 0 Å². The van der Waals surface area contributed by atoms with Gasteiger partial charge in [-0.3, -0.25) is 9.59 Å². The van der Waals surface area contributed by atoms with Crippen LogP contribution in [0.5, 0.6) is 5.75 Å². The number of amides is 2. The van der Waals surface area contributed by atoms with Crippen LogP contribution in [0.4, 0.5) is 0 Å². The molecule has 0 saturated carbocycles. The summed E-state index contributed by atoms with van der Waals surface area (Å²) in [5.41, 5.74) is 3.69. The zero-order valence-electron chi connectivity index (χ0n) is 20.9. The summed E-state index contributed by atoms with van der Waals surface area (Å²) in [5.74, 6) is -0.0571. The molecule has 4 aromatic rings. The van der Waals surface area contributed by atoms with Crippen LogP contribution in [0.15, 0.2) is 79.0 Å². The van der Waals surface area contributed by atoms with Crippen molar-refractivity contribution in [2.75, 3.05) is 6.54 Å². The molecule has 5 rings (SSSR count). The Morgan fingerprint density at radius 1 is 1.08 bits per heavy atom. The molecule has 6 nitrogen and oxygen atoms in total. The van der Waals surface area contributed by atoms with E-state index in [0.29, 0.717) is 35.8 Å². The number of rotatable bonds is 7. The first-order valence-electron chi connectivity index (χ1n) is 12.6. The number of aromatic nitrogens is 1. The molecule has 0 fully saturated rings. The van der Waals surface area contributed by atoms with Gasteiger partial charge in [-0.1, -0.05) is 74.0 Å². The summed E-state index contributed by atoms with van der Waals surface area (Å²) in [6.45, 7) is 4.60. The molecule has 0 aliphatic carbocycles. The first kappa shape index (κ1) is 24.9. The Bertz CT molecular complexity index is 1420. The Labute approximate surface area is 221 Å². The molecule has 1 aliphatic heterocycles. The van der Waals surface area contributed by atoms with Gasteiger partial charge in [0.2, 0.25) is 5.91 Å². The second-order valence-electron chi connectivity index (χ2n) is 9.71. The van der Waals surface area contributed by atoms with E-state index < -0.39 is 12.1 Å². The number of ether oxygens (including phenoxy) is 1. The highest BCUT2D eigenvalue weighted by atomic mass is 35.5. The number of nitrogens with one attached hydrogen (secondary N) is 2. The number of hydrogen-bond acceptors (Lipinski definition) is 3. The highest BCUT2D eigenvalue weighted by Crippen LogP contribution is 2.38. The lowest BCUT2D eigenvalue weighted by atomic mass is 10.0. The van der Waals surface area contributed by atoms with Gasteiger partial charge in [0.25, 0.3) is 5.91 Å². The van der Waals surface area contributed by atoms with Gasteiger partial charge in [-0.05, 0) is 47.7 Å². The van der Waals surface area contributed by atoms with Crippen LogP contribution < -0.4 is 10.1 Å². The normalized spacial score (nSPS) is 17.4. The van der Waals surface area contributed by atoms with Gasteiger partial charge in [0.05, 0.1) is 0 Å². The quantitative estimate of drug-likeness (QED) is 0.333. The average Bonchev–Trinajstić information content (AvgIpc) is 3.27. The first-order chi connectivity index (χ1) is 17.9. The van der Waals surface area contributed by atoms with E-state index in [2.05, 4.69) is 16.4 Å². The standard InChI is InChI=1S/C30H30ClN3O3/c1-19(2)28-30(36)34(15-14-21-18-32-25-11-7-6-10-23(21)25)27(24-16-22(31)12-13-26(24)37-28)29(35)33-17-20-8-4-3-5-9-20/h3-13,16,18-19,27-28,32H,14-15,17H2,1-2H3,(H,33,35). The summed E-state index contributed by atoms with van der Waals surface area (Å²) in [6.07, 6.45) is 1.84. The number of H-pyrrole nitrogens is 1. The van der Waals surface area contributed by atoms with Crippen molar-refractivity contribution in [1.82, 2.24) is 15.2 Å². The topological polar surface area (TPSA) is 74.4 Å². The van der Waals surface area contributed by atoms with E-state index in [1.807, 2.05) is 68.6 Å². The molecule has 0 spiro atoms. The highest BCUT2D eigenvalue weighted by molar-refractivity contribution is 6.30. The maximum Gasteiger partial charge on any atom is 0.264 e. The number of benzene rings is 3. The van der Waals surface area contributed by atoms with E-state index in [-0.39, 0.29) is 17.7 Å². The monoisotopic (exact) mass is 515 g/mol. The number of carbonyl (C=O) groups is 2. The van der Waals surface area contributed by atoms with Gasteiger partial charge in [0, 0.05) is 40.8 Å². The number of carbonyl (C=O) groups excluding carboxylic acids is 2. The third-order valence-electron chi connectivity index (χ3n) is 6.82. The molecule has 2 N–H and O–H groups in total. The van der Waals surface area contributed by atoms with Crippen molar-refractivity contribution in [1.29, 1.82) is 0 Å². The van der Waals surface area contributed by atoms with Crippen molar-refractivity contribution >= 4 is 34.3 Å². The molecule has 2 atom stereocenters. The van der Waals surface area contributed by atoms with Gasteiger partial charge in [-0.25, -0.2) is 0 Å². The van der Waals surface area contributed by atoms with Crippen LogP contribution in [0, 0.1) is 5.92 Å². The Balaban J connectivity index is 1.51. The number of para-hydroxylation sites is 1. The number of fused-ring (bicyclic) bond motifs is 2. The third-order valence-corrected chi connectivity index (χ3v) is 7.05. The molecule has 0 saturated heterocycles. The predicted octanol–water partition coefficient (Wildman–Crippen LogP) is 5.67. The molecular formula is C30H30ClN3O3.